The number of aromatic amines is 1. The molecule has 0 amide bonds. The average molecular weight is 292 g/mol. The second kappa shape index (κ2) is 4.22. The van der Waals surface area contributed by atoms with Crippen LogP contribution in [0, 0.1) is 6.92 Å². The monoisotopic (exact) mass is 291 g/mol. The maximum atomic E-state index is 11.9. The summed E-state index contributed by atoms with van der Waals surface area (Å²) < 4.78 is 60.9. The second-order valence-electron chi connectivity index (χ2n) is 2.96. The van der Waals surface area contributed by atoms with Gasteiger partial charge in [-0.25, -0.2) is 8.42 Å². The van der Waals surface area contributed by atoms with Gasteiger partial charge in [0.15, 0.2) is 4.90 Å². The minimum atomic E-state index is -4.99. The smallest absolute Gasteiger partial charge is 0.390 e. The summed E-state index contributed by atoms with van der Waals surface area (Å²) in [4.78, 5) is 12.0. The van der Waals surface area contributed by atoms with E-state index in [1.54, 1.807) is 4.98 Å². The Morgan fingerprint density at radius 2 is 1.94 bits per heavy atom. The van der Waals surface area contributed by atoms with Crippen molar-refractivity contribution in [1.29, 1.82) is 0 Å². The molecule has 0 aromatic carbocycles. The number of hydrogen-bond donors (Lipinski definition) is 1. The highest BCUT2D eigenvalue weighted by atomic mass is 35.7. The van der Waals surface area contributed by atoms with E-state index in [-0.39, 0.29) is 5.56 Å². The molecule has 0 saturated carbocycles. The molecular formula is C7H5ClF3NO4S. The lowest BCUT2D eigenvalue weighted by atomic mass is 10.3. The highest BCUT2D eigenvalue weighted by Crippen LogP contribution is 2.23. The van der Waals surface area contributed by atoms with Crippen molar-refractivity contribution in [2.24, 2.45) is 0 Å². The van der Waals surface area contributed by atoms with E-state index in [0.29, 0.717) is 6.07 Å². The normalized spacial score (nSPS) is 12.5. The van der Waals surface area contributed by atoms with Gasteiger partial charge < -0.3 is 4.74 Å². The second-order valence-corrected chi connectivity index (χ2v) is 5.46. The standard InChI is InChI=1S/C7H5ClF3NO4S/c1-3-2-4(16-7(9,10)11)12-6(13)5(3)17(8,14)15/h2H,1H3,(H,12,13). The van der Waals surface area contributed by atoms with Crippen molar-refractivity contribution in [3.8, 4) is 5.88 Å². The number of aromatic nitrogens is 1. The minimum Gasteiger partial charge on any atom is -0.390 e. The highest BCUT2D eigenvalue weighted by Gasteiger charge is 2.32. The highest BCUT2D eigenvalue weighted by molar-refractivity contribution is 8.13. The number of H-pyrrole nitrogens is 1. The molecule has 10 heteroatoms. The summed E-state index contributed by atoms with van der Waals surface area (Å²) in [6.45, 7) is 1.12. The Kier molecular flexibility index (Phi) is 3.44. The van der Waals surface area contributed by atoms with E-state index >= 15 is 0 Å². The summed E-state index contributed by atoms with van der Waals surface area (Å²) in [5.41, 5.74) is -1.53. The fourth-order valence-corrected chi connectivity index (χ4v) is 2.42. The first kappa shape index (κ1) is 13.8. The summed E-state index contributed by atoms with van der Waals surface area (Å²) in [7, 11) is 0.611. The quantitative estimate of drug-likeness (QED) is 0.838. The topological polar surface area (TPSA) is 76.2 Å². The van der Waals surface area contributed by atoms with Gasteiger partial charge in [-0.3, -0.25) is 9.78 Å². The van der Waals surface area contributed by atoms with E-state index in [2.05, 4.69) is 4.74 Å². The van der Waals surface area contributed by atoms with Gasteiger partial charge in [0.25, 0.3) is 14.6 Å². The van der Waals surface area contributed by atoms with Crippen LogP contribution in [-0.4, -0.2) is 19.8 Å². The van der Waals surface area contributed by atoms with Gasteiger partial charge in [-0.15, -0.1) is 13.2 Å². The van der Waals surface area contributed by atoms with E-state index in [4.69, 9.17) is 10.7 Å². The van der Waals surface area contributed by atoms with E-state index < -0.39 is 31.7 Å². The number of nitrogens with one attached hydrogen (secondary N) is 1. The molecule has 1 aromatic heterocycles. The Morgan fingerprint density at radius 1 is 1.41 bits per heavy atom. The van der Waals surface area contributed by atoms with Crippen LogP contribution in [0.5, 0.6) is 5.88 Å². The third-order valence-corrected chi connectivity index (χ3v) is 3.08. The maximum absolute atomic E-state index is 11.9. The lowest BCUT2D eigenvalue weighted by Crippen LogP contribution is -2.22. The molecule has 0 unspecified atom stereocenters. The van der Waals surface area contributed by atoms with Gasteiger partial charge in [0.2, 0.25) is 5.88 Å². The van der Waals surface area contributed by atoms with Crippen LogP contribution in [0.2, 0.25) is 0 Å². The predicted octanol–water partition coefficient (Wildman–Crippen LogP) is 1.51. The van der Waals surface area contributed by atoms with Crippen molar-refractivity contribution >= 4 is 19.7 Å². The first-order valence-corrected chi connectivity index (χ1v) is 6.26. The molecule has 0 spiro atoms. The molecule has 1 rings (SSSR count). The number of halogens is 4. The van der Waals surface area contributed by atoms with Gasteiger partial charge in [0.1, 0.15) is 0 Å². The van der Waals surface area contributed by atoms with Crippen molar-refractivity contribution in [2.75, 3.05) is 0 Å². The minimum absolute atomic E-state index is 0.247. The lowest BCUT2D eigenvalue weighted by Gasteiger charge is -2.09. The van der Waals surface area contributed by atoms with Crippen LogP contribution in [0.4, 0.5) is 13.2 Å². The maximum Gasteiger partial charge on any atom is 0.574 e. The van der Waals surface area contributed by atoms with Crippen LogP contribution >= 0.6 is 10.7 Å². The van der Waals surface area contributed by atoms with Crippen molar-refractivity contribution in [3.05, 3.63) is 22.0 Å². The summed E-state index contributed by atoms with van der Waals surface area (Å²) in [6, 6.07) is 0.712. The van der Waals surface area contributed by atoms with Gasteiger partial charge in [-0.1, -0.05) is 0 Å². The van der Waals surface area contributed by atoms with Crippen LogP contribution in [0.25, 0.3) is 0 Å². The number of pyridine rings is 1. The largest absolute Gasteiger partial charge is 0.574 e. The zero-order chi connectivity index (χ0) is 13.4. The van der Waals surface area contributed by atoms with Gasteiger partial charge >= 0.3 is 6.36 Å². The molecule has 1 N–H and O–H groups in total. The fraction of sp³-hybridized carbons (Fsp3) is 0.286. The Balaban J connectivity index is 3.35. The Labute approximate surface area is 97.6 Å². The molecule has 0 aliphatic carbocycles. The average Bonchev–Trinajstić information content (AvgIpc) is 1.94. The zero-order valence-corrected chi connectivity index (χ0v) is 9.70. The van der Waals surface area contributed by atoms with Crippen LogP contribution in [0.1, 0.15) is 5.56 Å². The first-order chi connectivity index (χ1) is 7.50. The molecule has 0 saturated heterocycles. The molecule has 0 aliphatic heterocycles. The molecule has 0 radical (unpaired) electrons. The van der Waals surface area contributed by atoms with E-state index in [1.807, 2.05) is 0 Å². The fourth-order valence-electron chi connectivity index (χ4n) is 1.13. The van der Waals surface area contributed by atoms with E-state index in [1.165, 1.54) is 0 Å². The Hall–Kier alpha value is -1.22. The lowest BCUT2D eigenvalue weighted by molar-refractivity contribution is -0.276. The molecule has 0 aliphatic rings. The van der Waals surface area contributed by atoms with Crippen LogP contribution < -0.4 is 10.3 Å². The number of rotatable bonds is 2. The Bertz CT molecular complexity index is 592. The van der Waals surface area contributed by atoms with Gasteiger partial charge in [-0.2, -0.15) is 0 Å². The summed E-state index contributed by atoms with van der Waals surface area (Å²) in [5, 5.41) is 0. The predicted molar refractivity (Wildman–Crippen MR) is 51.5 cm³/mol. The van der Waals surface area contributed by atoms with Crippen molar-refractivity contribution < 1.29 is 26.3 Å². The first-order valence-electron chi connectivity index (χ1n) is 3.95. The number of ether oxygens (including phenoxy) is 1. The number of alkyl halides is 3. The SMILES string of the molecule is Cc1cc(OC(F)(F)F)[nH]c(=O)c1S(=O)(=O)Cl. The number of hydrogen-bond acceptors (Lipinski definition) is 4. The van der Waals surface area contributed by atoms with E-state index in [0.717, 1.165) is 6.92 Å². The van der Waals surface area contributed by atoms with E-state index in [9.17, 15) is 26.4 Å². The third-order valence-electron chi connectivity index (χ3n) is 1.62. The summed E-state index contributed by atoms with van der Waals surface area (Å²) >= 11 is 0. The van der Waals surface area contributed by atoms with Crippen LogP contribution in [0.15, 0.2) is 15.8 Å². The third kappa shape index (κ3) is 3.63. The van der Waals surface area contributed by atoms with Gasteiger partial charge in [-0.05, 0) is 12.5 Å². The zero-order valence-electron chi connectivity index (χ0n) is 8.13. The van der Waals surface area contributed by atoms with Crippen LogP contribution in [-0.2, 0) is 9.05 Å². The molecule has 0 atom stereocenters. The molecule has 0 fully saturated rings. The molecule has 0 bridgehead atoms. The van der Waals surface area contributed by atoms with Gasteiger partial charge in [0.05, 0.1) is 0 Å². The molecular weight excluding hydrogens is 287 g/mol. The van der Waals surface area contributed by atoms with Crippen LogP contribution in [0.3, 0.4) is 0 Å². The molecule has 5 nitrogen and oxygen atoms in total. The van der Waals surface area contributed by atoms with Crippen molar-refractivity contribution in [2.45, 2.75) is 18.2 Å². The van der Waals surface area contributed by atoms with Crippen molar-refractivity contribution in [1.82, 2.24) is 4.98 Å². The molecule has 17 heavy (non-hydrogen) atoms. The summed E-state index contributed by atoms with van der Waals surface area (Å²) in [5.74, 6) is -0.913. The molecule has 96 valence electrons. The molecule has 1 heterocycles. The summed E-state index contributed by atoms with van der Waals surface area (Å²) in [6.07, 6.45) is -4.99. The Morgan fingerprint density at radius 3 is 2.29 bits per heavy atom. The molecule has 1 aromatic rings. The van der Waals surface area contributed by atoms with Crippen molar-refractivity contribution in [3.63, 3.8) is 0 Å². The number of aryl methyl sites for hydroxylation is 1. The van der Waals surface area contributed by atoms with Gasteiger partial charge in [0, 0.05) is 16.7 Å².